The van der Waals surface area contributed by atoms with Gasteiger partial charge in [0.25, 0.3) is 20.2 Å². The average Bonchev–Trinajstić information content (AvgIpc) is 3.30. The van der Waals surface area contributed by atoms with Crippen LogP contribution in [0.15, 0.2) is 155 Å². The van der Waals surface area contributed by atoms with E-state index < -0.39 is 30.0 Å². The van der Waals surface area contributed by atoms with Crippen molar-refractivity contribution in [3.63, 3.8) is 0 Å². The molecule has 0 amide bonds. The zero-order chi connectivity index (χ0) is 45.9. The minimum Gasteiger partial charge on any atom is -0.372 e. The molecule has 0 heterocycles. The third-order valence-electron chi connectivity index (χ3n) is 10.9. The van der Waals surface area contributed by atoms with E-state index in [2.05, 4.69) is 62.4 Å². The molecule has 0 aromatic heterocycles. The molecule has 0 unspecified atom stereocenters. The highest BCUT2D eigenvalue weighted by Gasteiger charge is 2.32. The van der Waals surface area contributed by atoms with Crippen molar-refractivity contribution in [3.05, 3.63) is 179 Å². The Kier molecular flexibility index (Phi) is 23.5. The number of aryl methyl sites for hydroxylation is 1. The molecule has 6 aromatic carbocycles. The van der Waals surface area contributed by atoms with Gasteiger partial charge in [0.1, 0.15) is 9.79 Å². The highest BCUT2D eigenvalue weighted by atomic mass is 32.2. The summed E-state index contributed by atoms with van der Waals surface area (Å²) in [6, 6.07) is 47.5. The first-order chi connectivity index (χ1) is 31.0. The molecule has 6 aromatic rings. The smallest absolute Gasteiger partial charge is 0.296 e. The number of ether oxygens (including phenoxy) is 2. The van der Waals surface area contributed by atoms with Crippen LogP contribution in [0.3, 0.4) is 0 Å². The van der Waals surface area contributed by atoms with E-state index in [4.69, 9.17) is 9.47 Å². The number of hydrogen-bond acceptors (Lipinski definition) is 6. The van der Waals surface area contributed by atoms with E-state index in [-0.39, 0.29) is 5.39 Å². The first-order valence-electron chi connectivity index (χ1n) is 22.9. The standard InChI is InChI=1S/C26H40O6S2.2C14H14O/c1-3-5-7-9-11-13-17-21-22-18-15-16-20-24(22)26(34(30,31)32)25(33(27,28)29)23(21)19-14-12-10-8-6-4-2;2*1-3-7-13(8-4-1)11-15-12-14-9-5-2-6-10-14/h15-16,18,20H,3-14,17,19H2,1-2H3,(H,27,28,29)(H,30,31,32);2*1-10H,11-12H2. The summed E-state index contributed by atoms with van der Waals surface area (Å²) in [6.07, 6.45) is 13.3. The zero-order valence-electron chi connectivity index (χ0n) is 37.7. The van der Waals surface area contributed by atoms with Gasteiger partial charge in [-0.3, -0.25) is 9.11 Å². The Bertz CT molecular complexity index is 2250. The van der Waals surface area contributed by atoms with Crippen LogP contribution in [0.25, 0.3) is 10.8 Å². The summed E-state index contributed by atoms with van der Waals surface area (Å²) in [5.41, 5.74) is 5.96. The summed E-state index contributed by atoms with van der Waals surface area (Å²) in [5.74, 6) is 0. The van der Waals surface area contributed by atoms with Crippen LogP contribution in [0.4, 0.5) is 0 Å². The first-order valence-corrected chi connectivity index (χ1v) is 25.7. The molecule has 0 aliphatic rings. The van der Waals surface area contributed by atoms with Gasteiger partial charge in [0.2, 0.25) is 0 Å². The second kappa shape index (κ2) is 29.0. The van der Waals surface area contributed by atoms with Crippen LogP contribution in [0.5, 0.6) is 0 Å². The summed E-state index contributed by atoms with van der Waals surface area (Å²) in [7, 11) is -9.79. The summed E-state index contributed by atoms with van der Waals surface area (Å²) in [6.45, 7) is 7.00. The normalized spacial score (nSPS) is 11.4. The molecule has 0 spiro atoms. The topological polar surface area (TPSA) is 127 Å². The predicted octanol–water partition coefficient (Wildman–Crippen LogP) is 13.9. The molecule has 0 radical (unpaired) electrons. The Morgan fingerprint density at radius 1 is 0.359 bits per heavy atom. The quantitative estimate of drug-likeness (QED) is 0.0454. The molecule has 0 fully saturated rings. The predicted molar refractivity (Wildman–Crippen MR) is 260 cm³/mol. The lowest BCUT2D eigenvalue weighted by Gasteiger charge is -2.20. The molecule has 0 saturated heterocycles. The lowest BCUT2D eigenvalue weighted by Crippen LogP contribution is -2.15. The molecule has 64 heavy (non-hydrogen) atoms. The summed E-state index contributed by atoms with van der Waals surface area (Å²) < 4.78 is 81.1. The van der Waals surface area contributed by atoms with Crippen molar-refractivity contribution in [3.8, 4) is 0 Å². The van der Waals surface area contributed by atoms with E-state index in [0.717, 1.165) is 69.8 Å². The largest absolute Gasteiger partial charge is 0.372 e. The number of rotatable bonds is 24. The van der Waals surface area contributed by atoms with Crippen LogP contribution in [-0.2, 0) is 69.0 Å². The van der Waals surface area contributed by atoms with Crippen LogP contribution in [0, 0.1) is 0 Å². The van der Waals surface area contributed by atoms with Gasteiger partial charge < -0.3 is 9.47 Å². The van der Waals surface area contributed by atoms with Gasteiger partial charge in [-0.1, -0.05) is 224 Å². The maximum atomic E-state index is 12.5. The molecule has 0 aliphatic carbocycles. The van der Waals surface area contributed by atoms with Crippen molar-refractivity contribution < 1.29 is 35.4 Å². The molecule has 2 N–H and O–H groups in total. The first kappa shape index (κ1) is 51.9. The van der Waals surface area contributed by atoms with Crippen LogP contribution in [-0.4, -0.2) is 25.9 Å². The van der Waals surface area contributed by atoms with Gasteiger partial charge in [0.15, 0.2) is 0 Å². The van der Waals surface area contributed by atoms with Crippen LogP contribution in [0.2, 0.25) is 0 Å². The second-order valence-corrected chi connectivity index (χ2v) is 18.8. The van der Waals surface area contributed by atoms with Gasteiger partial charge in [-0.05, 0) is 64.5 Å². The maximum absolute atomic E-state index is 12.5. The van der Waals surface area contributed by atoms with Crippen LogP contribution >= 0.6 is 0 Å². The molecule has 0 aliphatic heterocycles. The Morgan fingerprint density at radius 2 is 0.656 bits per heavy atom. The van der Waals surface area contributed by atoms with Gasteiger partial charge in [-0.15, -0.1) is 0 Å². The van der Waals surface area contributed by atoms with Crippen molar-refractivity contribution in [1.29, 1.82) is 0 Å². The maximum Gasteiger partial charge on any atom is 0.296 e. The van der Waals surface area contributed by atoms with E-state index >= 15 is 0 Å². The van der Waals surface area contributed by atoms with Crippen molar-refractivity contribution in [2.24, 2.45) is 0 Å². The molecule has 10 heteroatoms. The fraction of sp³-hybridized carbons (Fsp3) is 0.370. The van der Waals surface area contributed by atoms with Gasteiger partial charge >= 0.3 is 0 Å². The Labute approximate surface area is 383 Å². The fourth-order valence-corrected chi connectivity index (χ4v) is 9.94. The Morgan fingerprint density at radius 3 is 1.00 bits per heavy atom. The van der Waals surface area contributed by atoms with Crippen molar-refractivity contribution in [2.75, 3.05) is 0 Å². The molecule has 344 valence electrons. The van der Waals surface area contributed by atoms with Gasteiger partial charge in [0.05, 0.1) is 26.4 Å². The van der Waals surface area contributed by atoms with Gasteiger partial charge in [-0.2, -0.15) is 16.8 Å². The van der Waals surface area contributed by atoms with Crippen molar-refractivity contribution >= 4 is 31.0 Å². The molecule has 0 bridgehead atoms. The molecule has 0 saturated carbocycles. The van der Waals surface area contributed by atoms with Crippen LogP contribution in [0.1, 0.15) is 124 Å². The van der Waals surface area contributed by atoms with E-state index in [1.54, 1.807) is 18.2 Å². The van der Waals surface area contributed by atoms with E-state index in [9.17, 15) is 25.9 Å². The van der Waals surface area contributed by atoms with Crippen molar-refractivity contribution in [1.82, 2.24) is 0 Å². The highest BCUT2D eigenvalue weighted by molar-refractivity contribution is 7.89. The number of hydrogen-bond donors (Lipinski definition) is 2. The molecule has 0 atom stereocenters. The third-order valence-corrected chi connectivity index (χ3v) is 12.9. The van der Waals surface area contributed by atoms with E-state index in [0.29, 0.717) is 56.6 Å². The van der Waals surface area contributed by atoms with Crippen LogP contribution < -0.4 is 0 Å². The molecular formula is C54H68O8S2. The second-order valence-electron chi connectivity index (χ2n) is 16.1. The highest BCUT2D eigenvalue weighted by Crippen LogP contribution is 2.38. The molecule has 8 nitrogen and oxygen atoms in total. The summed E-state index contributed by atoms with van der Waals surface area (Å²) in [4.78, 5) is -1.36. The van der Waals surface area contributed by atoms with Crippen molar-refractivity contribution in [2.45, 2.75) is 140 Å². The molecule has 6 rings (SSSR count). The fourth-order valence-electron chi connectivity index (χ4n) is 7.62. The van der Waals surface area contributed by atoms with Gasteiger partial charge in [-0.25, -0.2) is 0 Å². The average molecular weight is 909 g/mol. The monoisotopic (exact) mass is 908 g/mol. The summed E-state index contributed by atoms with van der Waals surface area (Å²) in [5, 5.41) is 0.752. The summed E-state index contributed by atoms with van der Waals surface area (Å²) >= 11 is 0. The lowest BCUT2D eigenvalue weighted by atomic mass is 9.91. The SMILES string of the molecule is CCCCCCCCc1c(S(=O)(=O)O)c(S(=O)(=O)O)c2ccccc2c1CCCCCCCC.c1ccc(COCc2ccccc2)cc1.c1ccc(COCc2ccccc2)cc1. The zero-order valence-corrected chi connectivity index (χ0v) is 39.4. The molecular weight excluding hydrogens is 841 g/mol. The Hall–Kier alpha value is -4.68. The van der Waals surface area contributed by atoms with E-state index in [1.165, 1.54) is 34.7 Å². The Balaban J connectivity index is 0.000000244. The number of unbranched alkanes of at least 4 members (excludes halogenated alkanes) is 10. The van der Waals surface area contributed by atoms with Gasteiger partial charge in [0, 0.05) is 5.39 Å². The third kappa shape index (κ3) is 18.8. The minimum atomic E-state index is -4.90. The lowest BCUT2D eigenvalue weighted by molar-refractivity contribution is 0.107. The number of fused-ring (bicyclic) bond motifs is 1. The minimum absolute atomic E-state index is 0.130. The number of benzene rings is 6. The van der Waals surface area contributed by atoms with E-state index in [1.807, 2.05) is 72.8 Å².